The van der Waals surface area contributed by atoms with E-state index in [0.29, 0.717) is 45.4 Å². The number of carbonyl (C=O) groups excluding carboxylic acids is 1. The number of imidazole rings is 1. The van der Waals surface area contributed by atoms with Gasteiger partial charge in [0.25, 0.3) is 0 Å². The highest BCUT2D eigenvalue weighted by Gasteiger charge is 2.22. The van der Waals surface area contributed by atoms with Gasteiger partial charge in [-0.25, -0.2) is 29.3 Å². The first kappa shape index (κ1) is 30.4. The van der Waals surface area contributed by atoms with Gasteiger partial charge >= 0.3 is 0 Å². The van der Waals surface area contributed by atoms with Crippen LogP contribution in [0.15, 0.2) is 85.2 Å². The molecule has 1 aliphatic rings. The fourth-order valence-electron chi connectivity index (χ4n) is 6.03. The number of hydrogen-bond acceptors (Lipinski definition) is 10. The largest absolute Gasteiger partial charge is 0.383 e. The number of nitriles is 1. The molecule has 1 aliphatic heterocycles. The van der Waals surface area contributed by atoms with Crippen LogP contribution >= 0.6 is 0 Å². The van der Waals surface area contributed by atoms with E-state index in [9.17, 15) is 9.18 Å². The molecule has 1 amide bonds. The van der Waals surface area contributed by atoms with Crippen LogP contribution in [0.5, 0.6) is 0 Å². The van der Waals surface area contributed by atoms with Crippen LogP contribution in [-0.4, -0.2) is 59.4 Å². The Balaban J connectivity index is 1.16. The molecule has 1 saturated heterocycles. The Morgan fingerprint density at radius 3 is 2.52 bits per heavy atom. The number of benzene rings is 2. The third-order valence-electron chi connectivity index (χ3n) is 8.40. The molecule has 0 radical (unpaired) electrons. The predicted molar refractivity (Wildman–Crippen MR) is 179 cm³/mol. The summed E-state index contributed by atoms with van der Waals surface area (Å²) in [6.45, 7) is 2.61. The van der Waals surface area contributed by atoms with Gasteiger partial charge in [0.15, 0.2) is 11.5 Å². The van der Waals surface area contributed by atoms with Crippen LogP contribution < -0.4 is 16.8 Å². The van der Waals surface area contributed by atoms with E-state index in [2.05, 4.69) is 37.3 Å². The van der Waals surface area contributed by atoms with Crippen LogP contribution in [0.3, 0.4) is 0 Å². The molecule has 5 heterocycles. The fraction of sp³-hybridized carbons (Fsp3) is 0.171. The molecule has 4 aromatic heterocycles. The van der Waals surface area contributed by atoms with Crippen LogP contribution in [-0.2, 0) is 6.54 Å². The van der Waals surface area contributed by atoms with Gasteiger partial charge in [-0.05, 0) is 79.1 Å². The lowest BCUT2D eigenvalue weighted by Gasteiger charge is -2.32. The average Bonchev–Trinajstić information content (AvgIpc) is 3.48. The molecule has 48 heavy (non-hydrogen) atoms. The molecule has 1 fully saturated rings. The number of nitrogens with two attached hydrogens (primary N) is 2. The number of nitrogens with zero attached hydrogens (tertiary/aromatic N) is 8. The van der Waals surface area contributed by atoms with E-state index in [4.69, 9.17) is 26.7 Å². The summed E-state index contributed by atoms with van der Waals surface area (Å²) in [5, 5.41) is 12.5. The molecule has 0 aliphatic carbocycles. The summed E-state index contributed by atoms with van der Waals surface area (Å²) in [4.78, 5) is 36.8. The van der Waals surface area contributed by atoms with E-state index < -0.39 is 11.7 Å². The number of halogens is 1. The first-order valence-electron chi connectivity index (χ1n) is 15.4. The lowest BCUT2D eigenvalue weighted by Crippen LogP contribution is -2.38. The van der Waals surface area contributed by atoms with Crippen molar-refractivity contribution in [2.45, 2.75) is 25.4 Å². The number of aromatic nitrogens is 6. The van der Waals surface area contributed by atoms with Crippen molar-refractivity contribution in [3.8, 4) is 34.4 Å². The zero-order chi connectivity index (χ0) is 33.2. The van der Waals surface area contributed by atoms with E-state index in [0.717, 1.165) is 49.8 Å². The summed E-state index contributed by atoms with van der Waals surface area (Å²) in [7, 11) is 0. The number of likely N-dealkylation sites (tertiary alicyclic amines) is 1. The molecule has 5 N–H and O–H groups in total. The quantitative estimate of drug-likeness (QED) is 0.211. The number of nitrogen functional groups attached to an aromatic ring is 1. The minimum atomic E-state index is -0.750. The Bertz CT molecular complexity index is 2180. The molecule has 0 unspecified atom stereocenters. The monoisotopic (exact) mass is 639 g/mol. The maximum absolute atomic E-state index is 14.0. The summed E-state index contributed by atoms with van der Waals surface area (Å²) in [6.07, 6.45) is 5.10. The second-order valence-electron chi connectivity index (χ2n) is 11.5. The minimum Gasteiger partial charge on any atom is -0.383 e. The third-order valence-corrected chi connectivity index (χ3v) is 8.40. The highest BCUT2D eigenvalue weighted by Crippen LogP contribution is 2.33. The molecule has 6 aromatic rings. The van der Waals surface area contributed by atoms with E-state index in [1.165, 1.54) is 12.1 Å². The average molecular weight is 640 g/mol. The number of amides is 1. The number of nitrogens with one attached hydrogen (secondary N) is 1. The van der Waals surface area contributed by atoms with Gasteiger partial charge in [0.1, 0.15) is 29.0 Å². The van der Waals surface area contributed by atoms with Crippen LogP contribution in [0.4, 0.5) is 16.0 Å². The lowest BCUT2D eigenvalue weighted by atomic mass is 10.0. The third kappa shape index (κ3) is 6.12. The van der Waals surface area contributed by atoms with Gasteiger partial charge in [0.2, 0.25) is 11.7 Å². The van der Waals surface area contributed by atoms with E-state index in [1.807, 2.05) is 28.8 Å². The molecule has 0 saturated carbocycles. The van der Waals surface area contributed by atoms with Crippen molar-refractivity contribution in [3.63, 3.8) is 0 Å². The van der Waals surface area contributed by atoms with Crippen molar-refractivity contribution in [1.82, 2.24) is 34.4 Å². The van der Waals surface area contributed by atoms with Crippen molar-refractivity contribution in [2.24, 2.45) is 5.73 Å². The zero-order valence-electron chi connectivity index (χ0n) is 25.7. The summed E-state index contributed by atoms with van der Waals surface area (Å²) < 4.78 is 15.9. The SMILES string of the molecule is N#Cc1nccc(NC2CCN(Cc3ccc(-n4c(-c5cccnc5N)nc5ccc(-c6ccc(F)cc6C(N)=O)nc54)cc3)CC2)n1. The summed E-state index contributed by atoms with van der Waals surface area (Å²) in [6, 6.07) is 23.3. The van der Waals surface area contributed by atoms with Crippen molar-refractivity contribution in [1.29, 1.82) is 5.26 Å². The van der Waals surface area contributed by atoms with Gasteiger partial charge in [-0.3, -0.25) is 14.3 Å². The normalized spacial score (nSPS) is 13.8. The summed E-state index contributed by atoms with van der Waals surface area (Å²) in [5.41, 5.74) is 16.5. The van der Waals surface area contributed by atoms with Crippen molar-refractivity contribution < 1.29 is 9.18 Å². The number of piperidine rings is 1. The van der Waals surface area contributed by atoms with Gasteiger partial charge in [-0.15, -0.1) is 0 Å². The number of hydrogen-bond donors (Lipinski definition) is 3. The molecule has 0 spiro atoms. The van der Waals surface area contributed by atoms with Crippen molar-refractivity contribution in [3.05, 3.63) is 108 Å². The smallest absolute Gasteiger partial charge is 0.249 e. The maximum Gasteiger partial charge on any atom is 0.249 e. The first-order chi connectivity index (χ1) is 23.4. The predicted octanol–water partition coefficient (Wildman–Crippen LogP) is 4.71. The Morgan fingerprint density at radius 2 is 1.77 bits per heavy atom. The Morgan fingerprint density at radius 1 is 0.958 bits per heavy atom. The standard InChI is InChI=1S/C35H30FN11O/c36-22-5-8-25(27(18-22)33(39)48)28-9-10-29-35(43-28)47(34(44-29)26-2-1-14-41-32(26)38)24-6-3-21(4-7-24)20-46-16-12-23(13-17-46)42-30-11-15-40-31(19-37)45-30/h1-11,14-15,18,23H,12-13,16-17,20H2,(H2,38,41)(H2,39,48)(H,40,42,45). The topological polar surface area (TPSA) is 178 Å². The van der Waals surface area contributed by atoms with Crippen LogP contribution in [0.1, 0.15) is 34.6 Å². The maximum atomic E-state index is 14.0. The minimum absolute atomic E-state index is 0.0379. The zero-order valence-corrected chi connectivity index (χ0v) is 25.7. The number of rotatable bonds is 8. The highest BCUT2D eigenvalue weighted by molar-refractivity contribution is 6.00. The molecule has 13 heteroatoms. The lowest BCUT2D eigenvalue weighted by molar-refractivity contribution is 0.100. The fourth-order valence-corrected chi connectivity index (χ4v) is 6.03. The second kappa shape index (κ2) is 12.9. The van der Waals surface area contributed by atoms with E-state index in [1.54, 1.807) is 36.7 Å². The number of pyridine rings is 2. The van der Waals surface area contributed by atoms with Crippen molar-refractivity contribution >= 4 is 28.7 Å². The number of primary amides is 1. The van der Waals surface area contributed by atoms with Crippen LogP contribution in [0, 0.1) is 17.1 Å². The molecule has 0 bridgehead atoms. The molecule has 12 nitrogen and oxygen atoms in total. The molecule has 238 valence electrons. The van der Waals surface area contributed by atoms with Crippen LogP contribution in [0.25, 0.3) is 39.5 Å². The van der Waals surface area contributed by atoms with E-state index in [-0.39, 0.29) is 17.4 Å². The van der Waals surface area contributed by atoms with Gasteiger partial charge in [-0.2, -0.15) is 5.26 Å². The molecule has 7 rings (SSSR count). The number of fused-ring (bicyclic) bond motifs is 1. The molecule has 0 atom stereocenters. The number of anilines is 2. The summed E-state index contributed by atoms with van der Waals surface area (Å²) >= 11 is 0. The van der Waals surface area contributed by atoms with Crippen LogP contribution in [0.2, 0.25) is 0 Å². The molecule has 2 aromatic carbocycles. The van der Waals surface area contributed by atoms with Gasteiger partial charge in [0.05, 0.1) is 16.8 Å². The van der Waals surface area contributed by atoms with Crippen molar-refractivity contribution in [2.75, 3.05) is 24.1 Å². The first-order valence-corrected chi connectivity index (χ1v) is 15.4. The van der Waals surface area contributed by atoms with Gasteiger partial charge < -0.3 is 16.8 Å². The molecular weight excluding hydrogens is 609 g/mol. The Hall–Kier alpha value is -6.26. The Kier molecular flexibility index (Phi) is 8.14. The highest BCUT2D eigenvalue weighted by atomic mass is 19.1. The second-order valence-corrected chi connectivity index (χ2v) is 11.5. The summed E-state index contributed by atoms with van der Waals surface area (Å²) in [5.74, 6) is 0.390. The number of carbonyl (C=O) groups is 1. The Labute approximate surface area is 274 Å². The molecular formula is C35H30FN11O. The van der Waals surface area contributed by atoms with Gasteiger partial charge in [0, 0.05) is 49.3 Å². The van der Waals surface area contributed by atoms with E-state index >= 15 is 0 Å². The van der Waals surface area contributed by atoms with Gasteiger partial charge in [-0.1, -0.05) is 12.1 Å².